The van der Waals surface area contributed by atoms with Crippen LogP contribution in [0.2, 0.25) is 0 Å². The second-order valence-electron chi connectivity index (χ2n) is 3.68. The van der Waals surface area contributed by atoms with Crippen LogP contribution in [-0.4, -0.2) is 12.1 Å². The molecule has 0 atom stereocenters. The van der Waals surface area contributed by atoms with Crippen LogP contribution in [0.15, 0.2) is 29.6 Å². The molecule has 0 saturated heterocycles. The molecular weight excluding hydrogens is 254 g/mol. The van der Waals surface area contributed by atoms with E-state index in [9.17, 15) is 0 Å². The highest BCUT2D eigenvalue weighted by Crippen LogP contribution is 2.20. The van der Waals surface area contributed by atoms with Crippen LogP contribution in [0.3, 0.4) is 0 Å². The van der Waals surface area contributed by atoms with Gasteiger partial charge in [0.05, 0.1) is 23.7 Å². The minimum Gasteiger partial charge on any atom is -0.496 e. The minimum absolute atomic E-state index is 0.491. The molecule has 0 amide bonds. The van der Waals surface area contributed by atoms with Crippen LogP contribution in [-0.2, 0) is 18.7 Å². The van der Waals surface area contributed by atoms with Gasteiger partial charge in [-0.3, -0.25) is 0 Å². The van der Waals surface area contributed by atoms with Gasteiger partial charge in [-0.2, -0.15) is 0 Å². The monoisotopic (exact) mass is 267 g/mol. The van der Waals surface area contributed by atoms with E-state index in [0.717, 1.165) is 29.3 Å². The van der Waals surface area contributed by atoms with Crippen molar-refractivity contribution in [3.05, 3.63) is 45.9 Å². The number of alkyl halides is 1. The summed E-state index contributed by atoms with van der Waals surface area (Å²) < 4.78 is 5.32. The van der Waals surface area contributed by atoms with Gasteiger partial charge in [0, 0.05) is 11.8 Å². The van der Waals surface area contributed by atoms with Crippen LogP contribution in [0.25, 0.3) is 0 Å². The predicted molar refractivity (Wildman–Crippen MR) is 72.1 cm³/mol. The topological polar surface area (TPSA) is 22.1 Å². The molecule has 0 N–H and O–H groups in total. The van der Waals surface area contributed by atoms with Gasteiger partial charge in [0.15, 0.2) is 0 Å². The van der Waals surface area contributed by atoms with Gasteiger partial charge in [-0.05, 0) is 18.1 Å². The molecule has 4 heteroatoms. The number of hydrogen-bond acceptors (Lipinski definition) is 3. The van der Waals surface area contributed by atoms with E-state index in [1.807, 2.05) is 23.6 Å². The smallest absolute Gasteiger partial charge is 0.122 e. The minimum atomic E-state index is 0.491. The van der Waals surface area contributed by atoms with Crippen molar-refractivity contribution in [1.82, 2.24) is 4.98 Å². The fourth-order valence-corrected chi connectivity index (χ4v) is 2.70. The van der Waals surface area contributed by atoms with Crippen LogP contribution in [0.1, 0.15) is 16.3 Å². The Morgan fingerprint density at radius 2 is 2.12 bits per heavy atom. The van der Waals surface area contributed by atoms with E-state index in [2.05, 4.69) is 11.1 Å². The quantitative estimate of drug-likeness (QED) is 0.771. The summed E-state index contributed by atoms with van der Waals surface area (Å²) in [5, 5.41) is 3.15. The zero-order valence-corrected chi connectivity index (χ0v) is 11.2. The van der Waals surface area contributed by atoms with Gasteiger partial charge in [0.2, 0.25) is 0 Å². The van der Waals surface area contributed by atoms with E-state index in [0.29, 0.717) is 5.88 Å². The average molecular weight is 268 g/mol. The Hall–Kier alpha value is -1.06. The maximum atomic E-state index is 5.73. The maximum absolute atomic E-state index is 5.73. The van der Waals surface area contributed by atoms with Crippen LogP contribution in [0, 0.1) is 0 Å². The molecule has 1 aromatic carbocycles. The molecule has 1 heterocycles. The van der Waals surface area contributed by atoms with E-state index in [1.165, 1.54) is 5.56 Å². The molecule has 0 aliphatic rings. The number of ether oxygens (including phenoxy) is 1. The fraction of sp³-hybridized carbons (Fsp3) is 0.308. The van der Waals surface area contributed by atoms with Crippen molar-refractivity contribution in [2.24, 2.45) is 0 Å². The largest absolute Gasteiger partial charge is 0.496 e. The van der Waals surface area contributed by atoms with Crippen molar-refractivity contribution >= 4 is 22.9 Å². The standard InChI is InChI=1S/C13H14ClNOS/c1-16-12-5-3-2-4-10(12)6-7-13-15-11(8-14)9-17-13/h2-5,9H,6-8H2,1H3. The van der Waals surface area contributed by atoms with Gasteiger partial charge in [0.1, 0.15) is 5.75 Å². The summed E-state index contributed by atoms with van der Waals surface area (Å²) in [5.74, 6) is 1.44. The highest BCUT2D eigenvalue weighted by molar-refractivity contribution is 7.09. The van der Waals surface area contributed by atoms with Crippen molar-refractivity contribution in [1.29, 1.82) is 0 Å². The number of aromatic nitrogens is 1. The van der Waals surface area contributed by atoms with Crippen LogP contribution < -0.4 is 4.74 Å². The van der Waals surface area contributed by atoms with Gasteiger partial charge >= 0.3 is 0 Å². The van der Waals surface area contributed by atoms with Crippen LogP contribution in [0.4, 0.5) is 0 Å². The lowest BCUT2D eigenvalue weighted by atomic mass is 10.1. The molecule has 0 saturated carbocycles. The third-order valence-corrected chi connectivity index (χ3v) is 3.77. The molecule has 0 radical (unpaired) electrons. The molecule has 1 aromatic heterocycles. The number of aryl methyl sites for hydroxylation is 2. The number of methoxy groups -OCH3 is 1. The number of hydrogen-bond donors (Lipinski definition) is 0. The Balaban J connectivity index is 2.01. The van der Waals surface area contributed by atoms with Gasteiger partial charge < -0.3 is 4.74 Å². The molecule has 0 spiro atoms. The molecule has 0 aliphatic carbocycles. The summed E-state index contributed by atoms with van der Waals surface area (Å²) in [7, 11) is 1.70. The highest BCUT2D eigenvalue weighted by Gasteiger charge is 2.05. The summed E-state index contributed by atoms with van der Waals surface area (Å²) in [4.78, 5) is 4.45. The van der Waals surface area contributed by atoms with Crippen LogP contribution >= 0.6 is 22.9 Å². The third-order valence-electron chi connectivity index (χ3n) is 2.54. The SMILES string of the molecule is COc1ccccc1CCc1nc(CCl)cs1. The van der Waals surface area contributed by atoms with Gasteiger partial charge in [-0.15, -0.1) is 22.9 Å². The number of para-hydroxylation sites is 1. The second kappa shape index (κ2) is 6.03. The first-order chi connectivity index (χ1) is 8.33. The summed E-state index contributed by atoms with van der Waals surface area (Å²) in [5.41, 5.74) is 2.18. The first kappa shape index (κ1) is 12.4. The molecule has 2 rings (SSSR count). The Bertz CT molecular complexity index is 484. The normalized spacial score (nSPS) is 10.5. The van der Waals surface area contributed by atoms with Crippen molar-refractivity contribution < 1.29 is 4.74 Å². The van der Waals surface area contributed by atoms with Crippen molar-refractivity contribution in [2.75, 3.05) is 7.11 Å². The summed E-state index contributed by atoms with van der Waals surface area (Å²) in [6.07, 6.45) is 1.88. The first-order valence-electron chi connectivity index (χ1n) is 5.44. The number of benzene rings is 1. The first-order valence-corrected chi connectivity index (χ1v) is 6.86. The van der Waals surface area contributed by atoms with E-state index in [4.69, 9.17) is 16.3 Å². The van der Waals surface area contributed by atoms with E-state index in [-0.39, 0.29) is 0 Å². The zero-order valence-electron chi connectivity index (χ0n) is 9.65. The molecule has 0 aliphatic heterocycles. The van der Waals surface area contributed by atoms with E-state index >= 15 is 0 Å². The highest BCUT2D eigenvalue weighted by atomic mass is 35.5. The number of thiazole rings is 1. The number of rotatable bonds is 5. The Morgan fingerprint density at radius 1 is 1.29 bits per heavy atom. The average Bonchev–Trinajstić information content (AvgIpc) is 2.84. The maximum Gasteiger partial charge on any atom is 0.122 e. The summed E-state index contributed by atoms with van der Waals surface area (Å²) in [6, 6.07) is 8.09. The van der Waals surface area contributed by atoms with Crippen molar-refractivity contribution in [3.63, 3.8) is 0 Å². The number of nitrogens with zero attached hydrogens (tertiary/aromatic N) is 1. The molecule has 17 heavy (non-hydrogen) atoms. The molecule has 2 aromatic rings. The Morgan fingerprint density at radius 3 is 2.82 bits per heavy atom. The van der Waals surface area contributed by atoms with E-state index < -0.39 is 0 Å². The second-order valence-corrected chi connectivity index (χ2v) is 4.89. The predicted octanol–water partition coefficient (Wildman–Crippen LogP) is 3.68. The van der Waals surface area contributed by atoms with Crippen LogP contribution in [0.5, 0.6) is 5.75 Å². The lowest BCUT2D eigenvalue weighted by molar-refractivity contribution is 0.409. The zero-order chi connectivity index (χ0) is 12.1. The van der Waals surface area contributed by atoms with Crippen molar-refractivity contribution in [2.45, 2.75) is 18.7 Å². The molecule has 90 valence electrons. The lowest BCUT2D eigenvalue weighted by Crippen LogP contribution is -1.95. The molecule has 2 nitrogen and oxygen atoms in total. The number of halogens is 1. The van der Waals surface area contributed by atoms with E-state index in [1.54, 1.807) is 18.4 Å². The van der Waals surface area contributed by atoms with Gasteiger partial charge in [0.25, 0.3) is 0 Å². The third kappa shape index (κ3) is 3.20. The molecular formula is C13H14ClNOS. The summed E-state index contributed by atoms with van der Waals surface area (Å²) >= 11 is 7.40. The van der Waals surface area contributed by atoms with Crippen molar-refractivity contribution in [3.8, 4) is 5.75 Å². The fourth-order valence-electron chi connectivity index (χ4n) is 1.68. The Kier molecular flexibility index (Phi) is 4.40. The molecule has 0 unspecified atom stereocenters. The van der Waals surface area contributed by atoms with Gasteiger partial charge in [-0.1, -0.05) is 18.2 Å². The molecule has 0 bridgehead atoms. The summed E-state index contributed by atoms with van der Waals surface area (Å²) in [6.45, 7) is 0. The lowest BCUT2D eigenvalue weighted by Gasteiger charge is -2.06. The molecule has 0 fully saturated rings. The Labute approximate surface area is 110 Å². The van der Waals surface area contributed by atoms with Gasteiger partial charge in [-0.25, -0.2) is 4.98 Å².